The molecule has 23 heavy (non-hydrogen) atoms. The van der Waals surface area contributed by atoms with Gasteiger partial charge in [0.05, 0.1) is 14.2 Å². The lowest BCUT2D eigenvalue weighted by molar-refractivity contribution is -0.116. The summed E-state index contributed by atoms with van der Waals surface area (Å²) >= 11 is 0. The van der Waals surface area contributed by atoms with Crippen molar-refractivity contribution in [2.24, 2.45) is 0 Å². The predicted octanol–water partition coefficient (Wildman–Crippen LogP) is 3.89. The van der Waals surface area contributed by atoms with Crippen LogP contribution in [0.15, 0.2) is 36.4 Å². The van der Waals surface area contributed by atoms with E-state index in [2.05, 4.69) is 12.2 Å². The van der Waals surface area contributed by atoms with Gasteiger partial charge in [0.2, 0.25) is 5.91 Å². The summed E-state index contributed by atoms with van der Waals surface area (Å²) in [4.78, 5) is 12.1. The summed E-state index contributed by atoms with van der Waals surface area (Å²) in [5.41, 5.74) is 4.23. The number of benzene rings is 2. The molecule has 0 heterocycles. The molecule has 0 unspecified atom stereocenters. The van der Waals surface area contributed by atoms with Crippen LogP contribution in [-0.4, -0.2) is 20.1 Å². The highest BCUT2D eigenvalue weighted by Gasteiger charge is 2.07. The van der Waals surface area contributed by atoms with E-state index in [9.17, 15) is 4.79 Å². The van der Waals surface area contributed by atoms with Crippen molar-refractivity contribution in [2.75, 3.05) is 19.5 Å². The average Bonchev–Trinajstić information content (AvgIpc) is 2.56. The third kappa shape index (κ3) is 4.74. The Morgan fingerprint density at radius 1 is 0.957 bits per heavy atom. The number of hydrogen-bond donors (Lipinski definition) is 1. The van der Waals surface area contributed by atoms with Gasteiger partial charge >= 0.3 is 0 Å². The molecule has 2 aromatic rings. The van der Waals surface area contributed by atoms with Crippen molar-refractivity contribution in [1.29, 1.82) is 0 Å². The highest BCUT2D eigenvalue weighted by Crippen LogP contribution is 2.23. The van der Waals surface area contributed by atoms with E-state index in [0.29, 0.717) is 12.8 Å². The first-order valence-corrected chi connectivity index (χ1v) is 7.61. The molecule has 0 fully saturated rings. The second-order valence-electron chi connectivity index (χ2n) is 5.57. The molecule has 4 nitrogen and oxygen atoms in total. The Hall–Kier alpha value is -2.49. The quantitative estimate of drug-likeness (QED) is 0.880. The molecule has 0 saturated carbocycles. The summed E-state index contributed by atoms with van der Waals surface area (Å²) in [5, 5.41) is 2.94. The van der Waals surface area contributed by atoms with Crippen molar-refractivity contribution in [2.45, 2.75) is 26.7 Å². The van der Waals surface area contributed by atoms with Gasteiger partial charge in [0.1, 0.15) is 11.5 Å². The minimum atomic E-state index is -0.00459. The van der Waals surface area contributed by atoms with Crippen molar-refractivity contribution in [3.05, 3.63) is 53.1 Å². The largest absolute Gasteiger partial charge is 0.497 e. The molecule has 0 aliphatic heterocycles. The zero-order valence-electron chi connectivity index (χ0n) is 14.1. The highest BCUT2D eigenvalue weighted by molar-refractivity contribution is 5.91. The van der Waals surface area contributed by atoms with E-state index in [0.717, 1.165) is 22.7 Å². The van der Waals surface area contributed by atoms with E-state index < -0.39 is 0 Å². The smallest absolute Gasteiger partial charge is 0.224 e. The second kappa shape index (κ2) is 7.68. The van der Waals surface area contributed by atoms with E-state index in [4.69, 9.17) is 9.47 Å². The molecule has 0 atom stereocenters. The molecule has 1 N–H and O–H groups in total. The molecule has 0 aliphatic carbocycles. The van der Waals surface area contributed by atoms with Crippen LogP contribution in [0.2, 0.25) is 0 Å². The van der Waals surface area contributed by atoms with Crippen LogP contribution in [0.25, 0.3) is 0 Å². The lowest BCUT2D eigenvalue weighted by Crippen LogP contribution is -2.12. The van der Waals surface area contributed by atoms with Gasteiger partial charge in [-0.15, -0.1) is 0 Å². The fraction of sp³-hybridized carbons (Fsp3) is 0.316. The zero-order chi connectivity index (χ0) is 16.8. The normalized spacial score (nSPS) is 10.3. The lowest BCUT2D eigenvalue weighted by Gasteiger charge is -2.10. The topological polar surface area (TPSA) is 47.6 Å². The van der Waals surface area contributed by atoms with Crippen LogP contribution >= 0.6 is 0 Å². The Bertz CT molecular complexity index is 673. The molecule has 1 amide bonds. The molecule has 0 aromatic heterocycles. The van der Waals surface area contributed by atoms with Gasteiger partial charge in [-0.2, -0.15) is 0 Å². The van der Waals surface area contributed by atoms with Crippen LogP contribution in [0.1, 0.15) is 23.1 Å². The first-order valence-electron chi connectivity index (χ1n) is 7.61. The molecule has 0 spiro atoms. The summed E-state index contributed by atoms with van der Waals surface area (Å²) in [6.45, 7) is 4.09. The third-order valence-electron chi connectivity index (χ3n) is 3.84. The van der Waals surface area contributed by atoms with Crippen LogP contribution in [-0.2, 0) is 11.2 Å². The molecule has 0 saturated heterocycles. The van der Waals surface area contributed by atoms with E-state index in [1.165, 1.54) is 11.1 Å². The Morgan fingerprint density at radius 3 is 2.17 bits per heavy atom. The summed E-state index contributed by atoms with van der Waals surface area (Å²) in [6, 6.07) is 11.6. The minimum absolute atomic E-state index is 0.00459. The van der Waals surface area contributed by atoms with Crippen LogP contribution < -0.4 is 14.8 Å². The van der Waals surface area contributed by atoms with Crippen molar-refractivity contribution in [1.82, 2.24) is 0 Å². The molecule has 0 aliphatic rings. The van der Waals surface area contributed by atoms with E-state index in [1.54, 1.807) is 14.2 Å². The molecule has 2 aromatic carbocycles. The molecule has 0 radical (unpaired) electrons. The van der Waals surface area contributed by atoms with Gasteiger partial charge in [0, 0.05) is 18.2 Å². The van der Waals surface area contributed by atoms with Gasteiger partial charge in [0.25, 0.3) is 0 Å². The van der Waals surface area contributed by atoms with E-state index >= 15 is 0 Å². The summed E-state index contributed by atoms with van der Waals surface area (Å²) < 4.78 is 10.5. The number of ether oxygens (including phenoxy) is 2. The number of rotatable bonds is 6. The second-order valence-corrected chi connectivity index (χ2v) is 5.57. The molecular formula is C19H23NO3. The Morgan fingerprint density at radius 2 is 1.61 bits per heavy atom. The molecule has 4 heteroatoms. The number of aryl methyl sites for hydroxylation is 3. The van der Waals surface area contributed by atoms with Crippen LogP contribution in [0, 0.1) is 13.8 Å². The third-order valence-corrected chi connectivity index (χ3v) is 3.84. The predicted molar refractivity (Wildman–Crippen MR) is 92.4 cm³/mol. The van der Waals surface area contributed by atoms with Crippen molar-refractivity contribution in [3.63, 3.8) is 0 Å². The molecular weight excluding hydrogens is 290 g/mol. The van der Waals surface area contributed by atoms with Crippen LogP contribution in [0.5, 0.6) is 11.5 Å². The van der Waals surface area contributed by atoms with Gasteiger partial charge in [-0.3, -0.25) is 4.79 Å². The lowest BCUT2D eigenvalue weighted by atomic mass is 10.1. The summed E-state index contributed by atoms with van der Waals surface area (Å²) in [7, 11) is 3.23. The van der Waals surface area contributed by atoms with Gasteiger partial charge in [-0.25, -0.2) is 0 Å². The number of hydrogen-bond acceptors (Lipinski definition) is 3. The number of carbonyl (C=O) groups excluding carboxylic acids is 1. The van der Waals surface area contributed by atoms with Gasteiger partial charge in [-0.1, -0.05) is 6.07 Å². The first kappa shape index (κ1) is 16.9. The molecule has 122 valence electrons. The number of methoxy groups -OCH3 is 2. The Balaban J connectivity index is 1.97. The summed E-state index contributed by atoms with van der Waals surface area (Å²) in [5.74, 6) is 1.46. The molecule has 2 rings (SSSR count). The van der Waals surface area contributed by atoms with E-state index in [-0.39, 0.29) is 5.91 Å². The first-order chi connectivity index (χ1) is 11.0. The highest BCUT2D eigenvalue weighted by atomic mass is 16.5. The number of nitrogens with one attached hydrogen (secondary N) is 1. The Kier molecular flexibility index (Phi) is 5.63. The number of anilines is 1. The standard InChI is InChI=1S/C19H23NO3/c1-13-5-7-16(9-14(13)2)20-19(21)8-6-15-10-17(22-3)12-18(11-15)23-4/h5,7,9-12H,6,8H2,1-4H3,(H,20,21). The fourth-order valence-corrected chi connectivity index (χ4v) is 2.31. The van der Waals surface area contributed by atoms with E-state index in [1.807, 2.05) is 43.3 Å². The summed E-state index contributed by atoms with van der Waals surface area (Å²) in [6.07, 6.45) is 1.04. The van der Waals surface area contributed by atoms with Crippen molar-refractivity contribution < 1.29 is 14.3 Å². The SMILES string of the molecule is COc1cc(CCC(=O)Nc2ccc(C)c(C)c2)cc(OC)c1. The maximum absolute atomic E-state index is 12.1. The van der Waals surface area contributed by atoms with Crippen molar-refractivity contribution >= 4 is 11.6 Å². The van der Waals surface area contributed by atoms with Crippen molar-refractivity contribution in [3.8, 4) is 11.5 Å². The molecule has 0 bridgehead atoms. The Labute approximate surface area is 137 Å². The number of amides is 1. The monoisotopic (exact) mass is 313 g/mol. The zero-order valence-corrected chi connectivity index (χ0v) is 14.1. The van der Waals surface area contributed by atoms with Crippen LogP contribution in [0.3, 0.4) is 0 Å². The van der Waals surface area contributed by atoms with Gasteiger partial charge in [-0.05, 0) is 61.2 Å². The minimum Gasteiger partial charge on any atom is -0.497 e. The van der Waals surface area contributed by atoms with Gasteiger partial charge < -0.3 is 14.8 Å². The maximum Gasteiger partial charge on any atom is 0.224 e. The van der Waals surface area contributed by atoms with Crippen LogP contribution in [0.4, 0.5) is 5.69 Å². The van der Waals surface area contributed by atoms with Gasteiger partial charge in [0.15, 0.2) is 0 Å². The fourth-order valence-electron chi connectivity index (χ4n) is 2.31. The number of carbonyl (C=O) groups is 1. The average molecular weight is 313 g/mol. The maximum atomic E-state index is 12.1.